The summed E-state index contributed by atoms with van der Waals surface area (Å²) in [6.07, 6.45) is 0. The highest BCUT2D eigenvalue weighted by atomic mass is 32.2. The van der Waals surface area contributed by atoms with E-state index in [0.717, 1.165) is 0 Å². The molecule has 0 heterocycles. The number of esters is 1. The Labute approximate surface area is 157 Å². The summed E-state index contributed by atoms with van der Waals surface area (Å²) in [4.78, 5) is 11.8. The second-order valence-corrected chi connectivity index (χ2v) is 7.37. The van der Waals surface area contributed by atoms with Crippen LogP contribution in [0.2, 0.25) is 0 Å². The normalized spacial score (nSPS) is 11.2. The SMILES string of the molecule is CCOc1ccc(S(=O)(=O)Nc2cccc(C(=O)OC)c2)c2ccccc12. The number of sulfonamides is 1. The van der Waals surface area contributed by atoms with Crippen molar-refractivity contribution >= 4 is 32.5 Å². The monoisotopic (exact) mass is 385 g/mol. The number of benzene rings is 3. The number of carbonyl (C=O) groups excluding carboxylic acids is 1. The van der Waals surface area contributed by atoms with E-state index in [0.29, 0.717) is 23.1 Å². The first-order valence-corrected chi connectivity index (χ1v) is 9.80. The van der Waals surface area contributed by atoms with E-state index in [1.54, 1.807) is 36.4 Å². The fraction of sp³-hybridized carbons (Fsp3) is 0.150. The quantitative estimate of drug-likeness (QED) is 0.652. The third-order valence-corrected chi connectivity index (χ3v) is 5.41. The van der Waals surface area contributed by atoms with E-state index in [1.165, 1.54) is 19.2 Å². The highest BCUT2D eigenvalue weighted by Crippen LogP contribution is 2.32. The van der Waals surface area contributed by atoms with E-state index in [-0.39, 0.29) is 16.1 Å². The molecule has 140 valence electrons. The summed E-state index contributed by atoms with van der Waals surface area (Å²) in [5, 5.41) is 1.27. The number of fused-ring (bicyclic) bond motifs is 1. The number of methoxy groups -OCH3 is 1. The Balaban J connectivity index is 2.03. The van der Waals surface area contributed by atoms with Crippen molar-refractivity contribution in [2.75, 3.05) is 18.4 Å². The Morgan fingerprint density at radius 3 is 2.44 bits per heavy atom. The van der Waals surface area contributed by atoms with E-state index in [4.69, 9.17) is 4.74 Å². The van der Waals surface area contributed by atoms with Crippen LogP contribution >= 0.6 is 0 Å². The van der Waals surface area contributed by atoms with Crippen molar-refractivity contribution < 1.29 is 22.7 Å². The Bertz CT molecular complexity index is 1090. The van der Waals surface area contributed by atoms with Gasteiger partial charge >= 0.3 is 5.97 Å². The van der Waals surface area contributed by atoms with Crippen molar-refractivity contribution in [3.8, 4) is 5.75 Å². The van der Waals surface area contributed by atoms with Gasteiger partial charge in [-0.25, -0.2) is 13.2 Å². The van der Waals surface area contributed by atoms with Gasteiger partial charge in [0.25, 0.3) is 10.0 Å². The van der Waals surface area contributed by atoms with Gasteiger partial charge in [0.2, 0.25) is 0 Å². The summed E-state index contributed by atoms with van der Waals surface area (Å²) in [7, 11) is -2.61. The molecule has 3 aromatic carbocycles. The lowest BCUT2D eigenvalue weighted by molar-refractivity contribution is 0.0600. The zero-order valence-electron chi connectivity index (χ0n) is 14.9. The van der Waals surface area contributed by atoms with E-state index in [1.807, 2.05) is 19.1 Å². The summed E-state index contributed by atoms with van der Waals surface area (Å²) in [5.41, 5.74) is 0.533. The van der Waals surface area contributed by atoms with Gasteiger partial charge in [0.15, 0.2) is 0 Å². The highest BCUT2D eigenvalue weighted by Gasteiger charge is 2.20. The Hall–Kier alpha value is -3.06. The van der Waals surface area contributed by atoms with Crippen LogP contribution in [0.4, 0.5) is 5.69 Å². The Morgan fingerprint density at radius 2 is 1.74 bits per heavy atom. The molecule has 0 fully saturated rings. The molecule has 0 atom stereocenters. The molecule has 0 aliphatic rings. The molecule has 0 saturated heterocycles. The molecule has 0 saturated carbocycles. The maximum Gasteiger partial charge on any atom is 0.337 e. The van der Waals surface area contributed by atoms with Crippen molar-refractivity contribution in [2.45, 2.75) is 11.8 Å². The van der Waals surface area contributed by atoms with Crippen LogP contribution in [0.15, 0.2) is 65.6 Å². The molecule has 0 aliphatic heterocycles. The molecule has 3 aromatic rings. The predicted molar refractivity (Wildman–Crippen MR) is 104 cm³/mol. The molecule has 0 unspecified atom stereocenters. The minimum absolute atomic E-state index is 0.130. The molecule has 6 nitrogen and oxygen atoms in total. The number of ether oxygens (including phenoxy) is 2. The van der Waals surface area contributed by atoms with E-state index in [9.17, 15) is 13.2 Å². The van der Waals surface area contributed by atoms with Crippen molar-refractivity contribution in [1.82, 2.24) is 0 Å². The lowest BCUT2D eigenvalue weighted by Crippen LogP contribution is -2.14. The number of rotatable bonds is 6. The number of anilines is 1. The minimum atomic E-state index is -3.88. The molecule has 0 aromatic heterocycles. The van der Waals surface area contributed by atoms with Gasteiger partial charge in [-0.15, -0.1) is 0 Å². The van der Waals surface area contributed by atoms with Gasteiger partial charge in [-0.05, 0) is 37.3 Å². The zero-order chi connectivity index (χ0) is 19.4. The van der Waals surface area contributed by atoms with E-state index < -0.39 is 16.0 Å². The lowest BCUT2D eigenvalue weighted by atomic mass is 10.1. The van der Waals surface area contributed by atoms with Gasteiger partial charge in [-0.1, -0.05) is 30.3 Å². The molecule has 0 bridgehead atoms. The van der Waals surface area contributed by atoms with Crippen LogP contribution in [0, 0.1) is 0 Å². The molecule has 1 N–H and O–H groups in total. The summed E-state index contributed by atoms with van der Waals surface area (Å²) in [6.45, 7) is 2.35. The van der Waals surface area contributed by atoms with Crippen LogP contribution in [0.5, 0.6) is 5.75 Å². The van der Waals surface area contributed by atoms with Crippen LogP contribution in [0.1, 0.15) is 17.3 Å². The van der Waals surface area contributed by atoms with Gasteiger partial charge in [0.05, 0.1) is 24.2 Å². The van der Waals surface area contributed by atoms with Gasteiger partial charge < -0.3 is 9.47 Å². The highest BCUT2D eigenvalue weighted by molar-refractivity contribution is 7.93. The van der Waals surface area contributed by atoms with Crippen LogP contribution in [-0.2, 0) is 14.8 Å². The van der Waals surface area contributed by atoms with Gasteiger partial charge in [0.1, 0.15) is 5.75 Å². The topological polar surface area (TPSA) is 81.7 Å². The largest absolute Gasteiger partial charge is 0.493 e. The minimum Gasteiger partial charge on any atom is -0.493 e. The van der Waals surface area contributed by atoms with Crippen LogP contribution < -0.4 is 9.46 Å². The number of hydrogen-bond donors (Lipinski definition) is 1. The van der Waals surface area contributed by atoms with E-state index >= 15 is 0 Å². The summed E-state index contributed by atoms with van der Waals surface area (Å²) >= 11 is 0. The van der Waals surface area contributed by atoms with Crippen molar-refractivity contribution in [3.63, 3.8) is 0 Å². The molecule has 3 rings (SSSR count). The number of carbonyl (C=O) groups is 1. The summed E-state index contributed by atoms with van der Waals surface area (Å²) in [6, 6.07) is 16.4. The third-order valence-electron chi connectivity index (χ3n) is 3.97. The Morgan fingerprint density at radius 1 is 1.00 bits per heavy atom. The first-order chi connectivity index (χ1) is 13.0. The zero-order valence-corrected chi connectivity index (χ0v) is 15.7. The van der Waals surface area contributed by atoms with Crippen molar-refractivity contribution in [2.24, 2.45) is 0 Å². The number of hydrogen-bond acceptors (Lipinski definition) is 5. The maximum atomic E-state index is 13.0. The predicted octanol–water partition coefficient (Wildman–Crippen LogP) is 3.83. The fourth-order valence-corrected chi connectivity index (χ4v) is 4.06. The first kappa shape index (κ1) is 18.7. The lowest BCUT2D eigenvalue weighted by Gasteiger charge is -2.13. The van der Waals surface area contributed by atoms with Gasteiger partial charge in [-0.3, -0.25) is 4.72 Å². The van der Waals surface area contributed by atoms with Gasteiger partial charge in [-0.2, -0.15) is 0 Å². The first-order valence-electron chi connectivity index (χ1n) is 8.32. The maximum absolute atomic E-state index is 13.0. The molecular formula is C20H19NO5S. The standard InChI is InChI=1S/C20H19NO5S/c1-3-26-18-11-12-19(17-10-5-4-9-16(17)18)27(23,24)21-15-8-6-7-14(13-15)20(22)25-2/h4-13,21H,3H2,1-2H3. The average molecular weight is 385 g/mol. The molecule has 0 radical (unpaired) electrons. The van der Waals surface area contributed by atoms with Crippen molar-refractivity contribution in [3.05, 3.63) is 66.2 Å². The van der Waals surface area contributed by atoms with Crippen molar-refractivity contribution in [1.29, 1.82) is 0 Å². The average Bonchev–Trinajstić information content (AvgIpc) is 2.67. The second-order valence-electron chi connectivity index (χ2n) is 5.72. The second kappa shape index (κ2) is 7.67. The van der Waals surface area contributed by atoms with Crippen LogP contribution in [0.25, 0.3) is 10.8 Å². The van der Waals surface area contributed by atoms with E-state index in [2.05, 4.69) is 9.46 Å². The molecule has 0 aliphatic carbocycles. The Kier molecular flexibility index (Phi) is 5.32. The smallest absolute Gasteiger partial charge is 0.337 e. The molecular weight excluding hydrogens is 366 g/mol. The molecule has 7 heteroatoms. The fourth-order valence-electron chi connectivity index (χ4n) is 2.80. The summed E-state index contributed by atoms with van der Waals surface area (Å²) < 4.78 is 38.7. The third kappa shape index (κ3) is 3.88. The van der Waals surface area contributed by atoms with Crippen LogP contribution in [-0.4, -0.2) is 28.1 Å². The van der Waals surface area contributed by atoms with Crippen LogP contribution in [0.3, 0.4) is 0 Å². The number of nitrogens with one attached hydrogen (secondary N) is 1. The molecule has 0 amide bonds. The summed E-state index contributed by atoms with van der Waals surface area (Å²) in [5.74, 6) is 0.0855. The molecule has 0 spiro atoms. The van der Waals surface area contributed by atoms with Gasteiger partial charge in [0, 0.05) is 16.5 Å². The molecule has 27 heavy (non-hydrogen) atoms.